The predicted molar refractivity (Wildman–Crippen MR) is 86.6 cm³/mol. The van der Waals surface area contributed by atoms with Crippen LogP contribution in [0, 0.1) is 0 Å². The summed E-state index contributed by atoms with van der Waals surface area (Å²) in [6.07, 6.45) is 0.861. The van der Waals surface area contributed by atoms with Gasteiger partial charge in [-0.2, -0.15) is 0 Å². The maximum Gasteiger partial charge on any atom is 0.0780 e. The Morgan fingerprint density at radius 2 is 1.95 bits per heavy atom. The topological polar surface area (TPSA) is 41.8 Å². The Kier molecular flexibility index (Phi) is 4.01. The van der Waals surface area contributed by atoms with Gasteiger partial charge in [-0.3, -0.25) is 0 Å². The fraction of sp³-hybridized carbons (Fsp3) is 0.125. The average Bonchev–Trinajstić information content (AvgIpc) is 2.84. The lowest BCUT2D eigenvalue weighted by Crippen LogP contribution is -2.03. The molecule has 2 nitrogen and oxygen atoms in total. The fourth-order valence-corrected chi connectivity index (χ4v) is 3.51. The van der Waals surface area contributed by atoms with Crippen molar-refractivity contribution in [1.29, 1.82) is 0 Å². The third-order valence-corrected chi connectivity index (χ3v) is 4.44. The normalized spacial score (nSPS) is 11.1. The summed E-state index contributed by atoms with van der Waals surface area (Å²) < 4.78 is 0. The number of rotatable bonds is 4. The van der Waals surface area contributed by atoms with Crippen molar-refractivity contribution in [2.75, 3.05) is 6.54 Å². The van der Waals surface area contributed by atoms with Crippen molar-refractivity contribution in [1.82, 2.24) is 4.98 Å². The van der Waals surface area contributed by atoms with Crippen molar-refractivity contribution in [2.45, 2.75) is 16.3 Å². The van der Waals surface area contributed by atoms with E-state index in [1.807, 2.05) is 24.3 Å². The number of nitrogens with one attached hydrogen (secondary N) is 1. The summed E-state index contributed by atoms with van der Waals surface area (Å²) in [7, 11) is 0. The minimum absolute atomic E-state index is 0.641. The van der Waals surface area contributed by atoms with E-state index in [1.165, 1.54) is 10.9 Å². The Balaban J connectivity index is 1.95. The highest BCUT2D eigenvalue weighted by Gasteiger charge is 2.07. The SMILES string of the molecule is NCCc1ccc(Cl)cc1Sc1cc2ccccc2[nH]1. The number of H-pyrrole nitrogens is 1. The second kappa shape index (κ2) is 5.92. The molecule has 0 aliphatic carbocycles. The number of hydrogen-bond acceptors (Lipinski definition) is 2. The highest BCUT2D eigenvalue weighted by Crippen LogP contribution is 2.33. The summed E-state index contributed by atoms with van der Waals surface area (Å²) in [6.45, 7) is 0.641. The van der Waals surface area contributed by atoms with E-state index in [4.69, 9.17) is 17.3 Å². The Labute approximate surface area is 127 Å². The lowest BCUT2D eigenvalue weighted by molar-refractivity contribution is 0.944. The van der Waals surface area contributed by atoms with E-state index >= 15 is 0 Å². The minimum Gasteiger partial charge on any atom is -0.349 e. The zero-order valence-corrected chi connectivity index (χ0v) is 12.5. The molecule has 0 saturated heterocycles. The number of benzene rings is 2. The molecule has 3 rings (SSSR count). The van der Waals surface area contributed by atoms with E-state index in [0.29, 0.717) is 6.54 Å². The molecule has 20 heavy (non-hydrogen) atoms. The van der Waals surface area contributed by atoms with Crippen LogP contribution in [-0.2, 0) is 6.42 Å². The quantitative estimate of drug-likeness (QED) is 0.746. The van der Waals surface area contributed by atoms with E-state index in [-0.39, 0.29) is 0 Å². The number of fused-ring (bicyclic) bond motifs is 1. The summed E-state index contributed by atoms with van der Waals surface area (Å²) in [6, 6.07) is 16.4. The van der Waals surface area contributed by atoms with E-state index in [0.717, 1.165) is 26.9 Å². The van der Waals surface area contributed by atoms with Gasteiger partial charge in [-0.05, 0) is 42.8 Å². The third-order valence-electron chi connectivity index (χ3n) is 3.17. The maximum atomic E-state index is 6.11. The Hall–Kier alpha value is -1.42. The van der Waals surface area contributed by atoms with Crippen molar-refractivity contribution in [3.63, 3.8) is 0 Å². The van der Waals surface area contributed by atoms with Crippen LogP contribution in [0.2, 0.25) is 5.02 Å². The average molecular weight is 303 g/mol. The molecule has 1 heterocycles. The standard InChI is InChI=1S/C16H15ClN2S/c17-13-6-5-11(7-8-18)15(10-13)20-16-9-12-3-1-2-4-14(12)19-16/h1-6,9-10,19H,7-8,18H2. The first-order chi connectivity index (χ1) is 9.76. The zero-order valence-electron chi connectivity index (χ0n) is 10.9. The fourth-order valence-electron chi connectivity index (χ4n) is 2.21. The van der Waals surface area contributed by atoms with E-state index in [1.54, 1.807) is 11.8 Å². The van der Waals surface area contributed by atoms with Crippen LogP contribution >= 0.6 is 23.4 Å². The first-order valence-electron chi connectivity index (χ1n) is 6.50. The lowest BCUT2D eigenvalue weighted by atomic mass is 10.1. The first kappa shape index (κ1) is 13.6. The zero-order chi connectivity index (χ0) is 13.9. The number of para-hydroxylation sites is 1. The van der Waals surface area contributed by atoms with Gasteiger partial charge in [0.2, 0.25) is 0 Å². The van der Waals surface area contributed by atoms with Gasteiger partial charge in [-0.25, -0.2) is 0 Å². The van der Waals surface area contributed by atoms with Crippen LogP contribution in [0.25, 0.3) is 10.9 Å². The molecule has 102 valence electrons. The van der Waals surface area contributed by atoms with Crippen LogP contribution in [0.3, 0.4) is 0 Å². The van der Waals surface area contributed by atoms with Gasteiger partial charge in [-0.1, -0.05) is 47.6 Å². The highest BCUT2D eigenvalue weighted by molar-refractivity contribution is 7.99. The molecule has 0 aliphatic rings. The maximum absolute atomic E-state index is 6.11. The minimum atomic E-state index is 0.641. The largest absolute Gasteiger partial charge is 0.349 e. The molecular weight excluding hydrogens is 288 g/mol. The third kappa shape index (κ3) is 2.85. The summed E-state index contributed by atoms with van der Waals surface area (Å²) in [5, 5.41) is 3.09. The molecule has 1 aromatic heterocycles. The molecule has 3 aromatic rings. The van der Waals surface area contributed by atoms with Gasteiger partial charge in [0.25, 0.3) is 0 Å². The molecule has 0 fully saturated rings. The number of aromatic nitrogens is 1. The van der Waals surface area contributed by atoms with Gasteiger partial charge in [0.05, 0.1) is 5.03 Å². The van der Waals surface area contributed by atoms with Crippen molar-refractivity contribution in [2.24, 2.45) is 5.73 Å². The Morgan fingerprint density at radius 1 is 1.10 bits per heavy atom. The molecule has 0 spiro atoms. The molecule has 0 atom stereocenters. The van der Waals surface area contributed by atoms with Crippen molar-refractivity contribution >= 4 is 34.3 Å². The molecular formula is C16H15ClN2S. The van der Waals surface area contributed by atoms with Crippen LogP contribution in [0.1, 0.15) is 5.56 Å². The Bertz CT molecular complexity index is 703. The summed E-state index contributed by atoms with van der Waals surface area (Å²) in [5.41, 5.74) is 8.06. The smallest absolute Gasteiger partial charge is 0.0780 e. The molecule has 0 radical (unpaired) electrons. The molecule has 0 amide bonds. The number of hydrogen-bond donors (Lipinski definition) is 2. The molecule has 0 saturated carbocycles. The molecule has 4 heteroatoms. The second-order valence-corrected chi connectivity index (χ2v) is 6.13. The van der Waals surface area contributed by atoms with Crippen LogP contribution < -0.4 is 5.73 Å². The van der Waals surface area contributed by atoms with Crippen molar-refractivity contribution < 1.29 is 0 Å². The second-order valence-electron chi connectivity index (χ2n) is 4.61. The van der Waals surface area contributed by atoms with Gasteiger partial charge in [0, 0.05) is 20.8 Å². The van der Waals surface area contributed by atoms with Crippen LogP contribution in [-0.4, -0.2) is 11.5 Å². The predicted octanol–water partition coefficient (Wildman–Crippen LogP) is 4.47. The van der Waals surface area contributed by atoms with Gasteiger partial charge in [0.15, 0.2) is 0 Å². The number of aromatic amines is 1. The monoisotopic (exact) mass is 302 g/mol. The van der Waals surface area contributed by atoms with E-state index in [9.17, 15) is 0 Å². The lowest BCUT2D eigenvalue weighted by Gasteiger charge is -2.07. The molecule has 0 aliphatic heterocycles. The van der Waals surface area contributed by atoms with Crippen LogP contribution in [0.4, 0.5) is 0 Å². The molecule has 0 bridgehead atoms. The Morgan fingerprint density at radius 3 is 2.75 bits per heavy atom. The van der Waals surface area contributed by atoms with Gasteiger partial charge < -0.3 is 10.7 Å². The number of halogens is 1. The highest BCUT2D eigenvalue weighted by atomic mass is 35.5. The van der Waals surface area contributed by atoms with Gasteiger partial charge in [-0.15, -0.1) is 0 Å². The summed E-state index contributed by atoms with van der Waals surface area (Å²) >= 11 is 7.81. The number of nitrogens with two attached hydrogens (primary N) is 1. The van der Waals surface area contributed by atoms with Crippen molar-refractivity contribution in [3.8, 4) is 0 Å². The summed E-state index contributed by atoms with van der Waals surface area (Å²) in [4.78, 5) is 4.58. The molecule has 3 N–H and O–H groups in total. The van der Waals surface area contributed by atoms with E-state index < -0.39 is 0 Å². The summed E-state index contributed by atoms with van der Waals surface area (Å²) in [5.74, 6) is 0. The molecule has 2 aromatic carbocycles. The molecule has 0 unspecified atom stereocenters. The van der Waals surface area contributed by atoms with Crippen molar-refractivity contribution in [3.05, 3.63) is 59.1 Å². The first-order valence-corrected chi connectivity index (χ1v) is 7.70. The van der Waals surface area contributed by atoms with Gasteiger partial charge >= 0.3 is 0 Å². The van der Waals surface area contributed by atoms with Crippen LogP contribution in [0.5, 0.6) is 0 Å². The van der Waals surface area contributed by atoms with Gasteiger partial charge in [0.1, 0.15) is 0 Å². The van der Waals surface area contributed by atoms with Crippen LogP contribution in [0.15, 0.2) is 58.5 Å². The van der Waals surface area contributed by atoms with E-state index in [2.05, 4.69) is 29.2 Å².